The number of carbonyl (C=O) groups is 1. The number of amides is 1. The zero-order chi connectivity index (χ0) is 12.3. The standard InChI is InChI=1S/C15H19NO/c1-2-3-4-8-13-16-15(17)12-11-14-9-6-5-7-10-14/h1,5-7,9-10H,3-4,8,11-13H2,(H,16,17). The van der Waals surface area contributed by atoms with Crippen LogP contribution in [0.1, 0.15) is 31.2 Å². The predicted molar refractivity (Wildman–Crippen MR) is 70.5 cm³/mol. The second-order valence-corrected chi connectivity index (χ2v) is 4.00. The first-order valence-electron chi connectivity index (χ1n) is 6.07. The smallest absolute Gasteiger partial charge is 0.220 e. The fraction of sp³-hybridized carbons (Fsp3) is 0.400. The SMILES string of the molecule is C#CCCCCNC(=O)CCc1ccccc1. The number of benzene rings is 1. The first-order chi connectivity index (χ1) is 8.33. The van der Waals surface area contributed by atoms with E-state index in [1.54, 1.807) is 0 Å². The van der Waals surface area contributed by atoms with Crippen LogP contribution in [0.25, 0.3) is 0 Å². The Balaban J connectivity index is 2.08. The van der Waals surface area contributed by atoms with Crippen LogP contribution in [0.5, 0.6) is 0 Å². The summed E-state index contributed by atoms with van der Waals surface area (Å²) in [6.45, 7) is 0.731. The molecule has 0 spiro atoms. The van der Waals surface area contributed by atoms with Crippen LogP contribution in [0.2, 0.25) is 0 Å². The van der Waals surface area contributed by atoms with E-state index in [0.29, 0.717) is 6.42 Å². The molecule has 1 N–H and O–H groups in total. The summed E-state index contributed by atoms with van der Waals surface area (Å²) in [7, 11) is 0. The van der Waals surface area contributed by atoms with Crippen LogP contribution in [-0.2, 0) is 11.2 Å². The van der Waals surface area contributed by atoms with E-state index in [1.807, 2.05) is 30.3 Å². The molecule has 0 fully saturated rings. The first-order valence-corrected chi connectivity index (χ1v) is 6.07. The number of hydrogen-bond donors (Lipinski definition) is 1. The average Bonchev–Trinajstić information content (AvgIpc) is 2.37. The van der Waals surface area contributed by atoms with Gasteiger partial charge in [0.15, 0.2) is 0 Å². The fourth-order valence-electron chi connectivity index (χ4n) is 1.57. The lowest BCUT2D eigenvalue weighted by Crippen LogP contribution is -2.24. The first kappa shape index (κ1) is 13.3. The van der Waals surface area contributed by atoms with Crippen molar-refractivity contribution in [2.24, 2.45) is 0 Å². The van der Waals surface area contributed by atoms with Gasteiger partial charge in [-0.25, -0.2) is 0 Å². The molecular formula is C15H19NO. The number of rotatable bonds is 7. The molecule has 0 unspecified atom stereocenters. The van der Waals surface area contributed by atoms with Gasteiger partial charge in [-0.05, 0) is 24.8 Å². The summed E-state index contributed by atoms with van der Waals surface area (Å²) in [5.74, 6) is 2.71. The topological polar surface area (TPSA) is 29.1 Å². The molecule has 2 heteroatoms. The molecule has 0 bridgehead atoms. The molecule has 1 rings (SSSR count). The van der Waals surface area contributed by atoms with Gasteiger partial charge in [0.25, 0.3) is 0 Å². The molecular weight excluding hydrogens is 210 g/mol. The fourth-order valence-corrected chi connectivity index (χ4v) is 1.57. The van der Waals surface area contributed by atoms with Gasteiger partial charge in [0.1, 0.15) is 0 Å². The van der Waals surface area contributed by atoms with E-state index in [0.717, 1.165) is 32.2 Å². The van der Waals surface area contributed by atoms with Crippen LogP contribution in [0.4, 0.5) is 0 Å². The minimum atomic E-state index is 0.120. The van der Waals surface area contributed by atoms with Crippen molar-refractivity contribution in [1.29, 1.82) is 0 Å². The molecule has 1 aromatic carbocycles. The van der Waals surface area contributed by atoms with Gasteiger partial charge >= 0.3 is 0 Å². The molecule has 1 aromatic rings. The summed E-state index contributed by atoms with van der Waals surface area (Å²) < 4.78 is 0. The normalized spacial score (nSPS) is 9.59. The van der Waals surface area contributed by atoms with Crippen molar-refractivity contribution in [3.05, 3.63) is 35.9 Å². The Labute approximate surface area is 103 Å². The van der Waals surface area contributed by atoms with Crippen molar-refractivity contribution in [3.8, 4) is 12.3 Å². The Morgan fingerprint density at radius 2 is 2.00 bits per heavy atom. The van der Waals surface area contributed by atoms with Crippen LogP contribution < -0.4 is 5.32 Å². The molecule has 0 radical (unpaired) electrons. The summed E-state index contributed by atoms with van der Waals surface area (Å²) >= 11 is 0. The predicted octanol–water partition coefficient (Wildman–Crippen LogP) is 2.54. The number of nitrogens with one attached hydrogen (secondary N) is 1. The van der Waals surface area contributed by atoms with Gasteiger partial charge < -0.3 is 5.32 Å². The molecule has 0 saturated carbocycles. The van der Waals surface area contributed by atoms with Gasteiger partial charge in [0.2, 0.25) is 5.91 Å². The maximum atomic E-state index is 11.5. The van der Waals surface area contributed by atoms with Crippen molar-refractivity contribution in [1.82, 2.24) is 5.32 Å². The second kappa shape index (κ2) is 8.41. The number of carbonyl (C=O) groups excluding carboxylic acids is 1. The molecule has 0 aliphatic carbocycles. The third-order valence-corrected chi connectivity index (χ3v) is 2.55. The number of unbranched alkanes of at least 4 members (excludes halogenated alkanes) is 2. The van der Waals surface area contributed by atoms with Crippen molar-refractivity contribution in [3.63, 3.8) is 0 Å². The summed E-state index contributed by atoms with van der Waals surface area (Å²) in [4.78, 5) is 11.5. The Kier molecular flexibility index (Phi) is 6.59. The minimum Gasteiger partial charge on any atom is -0.356 e. The summed E-state index contributed by atoms with van der Waals surface area (Å²) in [6.07, 6.45) is 9.24. The highest BCUT2D eigenvalue weighted by Gasteiger charge is 2.00. The summed E-state index contributed by atoms with van der Waals surface area (Å²) in [5, 5.41) is 2.90. The Hall–Kier alpha value is -1.75. The van der Waals surface area contributed by atoms with Crippen LogP contribution in [-0.4, -0.2) is 12.5 Å². The van der Waals surface area contributed by atoms with Crippen LogP contribution in [0.15, 0.2) is 30.3 Å². The molecule has 0 aromatic heterocycles. The minimum absolute atomic E-state index is 0.120. The maximum absolute atomic E-state index is 11.5. The Bertz CT molecular complexity index is 364. The van der Waals surface area contributed by atoms with Gasteiger partial charge in [-0.15, -0.1) is 12.3 Å². The average molecular weight is 229 g/mol. The molecule has 0 atom stereocenters. The lowest BCUT2D eigenvalue weighted by Gasteiger charge is -2.04. The quantitative estimate of drug-likeness (QED) is 0.565. The van der Waals surface area contributed by atoms with E-state index in [-0.39, 0.29) is 5.91 Å². The zero-order valence-electron chi connectivity index (χ0n) is 10.1. The molecule has 0 heterocycles. The third-order valence-electron chi connectivity index (χ3n) is 2.55. The van der Waals surface area contributed by atoms with E-state index in [2.05, 4.69) is 11.2 Å². The van der Waals surface area contributed by atoms with E-state index < -0.39 is 0 Å². The van der Waals surface area contributed by atoms with Gasteiger partial charge in [0, 0.05) is 19.4 Å². The van der Waals surface area contributed by atoms with Crippen LogP contribution >= 0.6 is 0 Å². The van der Waals surface area contributed by atoms with Gasteiger partial charge in [-0.2, -0.15) is 0 Å². The molecule has 0 aliphatic rings. The van der Waals surface area contributed by atoms with Gasteiger partial charge in [-0.3, -0.25) is 4.79 Å². The monoisotopic (exact) mass is 229 g/mol. The summed E-state index contributed by atoms with van der Waals surface area (Å²) in [5.41, 5.74) is 1.20. The van der Waals surface area contributed by atoms with Gasteiger partial charge in [-0.1, -0.05) is 30.3 Å². The third kappa shape index (κ3) is 6.42. The molecule has 1 amide bonds. The number of terminal acetylenes is 1. The van der Waals surface area contributed by atoms with Gasteiger partial charge in [0.05, 0.1) is 0 Å². The lowest BCUT2D eigenvalue weighted by atomic mass is 10.1. The summed E-state index contributed by atoms with van der Waals surface area (Å²) in [6, 6.07) is 10.1. The molecule has 0 saturated heterocycles. The van der Waals surface area contributed by atoms with Crippen LogP contribution in [0, 0.1) is 12.3 Å². The highest BCUT2D eigenvalue weighted by molar-refractivity contribution is 5.76. The lowest BCUT2D eigenvalue weighted by molar-refractivity contribution is -0.121. The van der Waals surface area contributed by atoms with Crippen molar-refractivity contribution in [2.45, 2.75) is 32.1 Å². The molecule has 90 valence electrons. The van der Waals surface area contributed by atoms with E-state index in [1.165, 1.54) is 5.56 Å². The molecule has 17 heavy (non-hydrogen) atoms. The second-order valence-electron chi connectivity index (χ2n) is 4.00. The van der Waals surface area contributed by atoms with E-state index in [9.17, 15) is 4.79 Å². The highest BCUT2D eigenvalue weighted by Crippen LogP contribution is 2.02. The van der Waals surface area contributed by atoms with Crippen LogP contribution in [0.3, 0.4) is 0 Å². The zero-order valence-corrected chi connectivity index (χ0v) is 10.1. The van der Waals surface area contributed by atoms with Crippen molar-refractivity contribution >= 4 is 5.91 Å². The van der Waals surface area contributed by atoms with Crippen molar-refractivity contribution in [2.75, 3.05) is 6.54 Å². The maximum Gasteiger partial charge on any atom is 0.220 e. The van der Waals surface area contributed by atoms with E-state index >= 15 is 0 Å². The number of hydrogen-bond acceptors (Lipinski definition) is 1. The Morgan fingerprint density at radius 3 is 2.71 bits per heavy atom. The van der Waals surface area contributed by atoms with E-state index in [4.69, 9.17) is 6.42 Å². The molecule has 0 aliphatic heterocycles. The Morgan fingerprint density at radius 1 is 1.24 bits per heavy atom. The number of aryl methyl sites for hydroxylation is 1. The van der Waals surface area contributed by atoms with Crippen molar-refractivity contribution < 1.29 is 4.79 Å². The molecule has 2 nitrogen and oxygen atoms in total. The highest BCUT2D eigenvalue weighted by atomic mass is 16.1. The largest absolute Gasteiger partial charge is 0.356 e.